The molecule has 0 aliphatic heterocycles. The monoisotopic (exact) mass is 526 g/mol. The van der Waals surface area contributed by atoms with Gasteiger partial charge in [-0.2, -0.15) is 0 Å². The van der Waals surface area contributed by atoms with E-state index in [9.17, 15) is 0 Å². The number of halogens is 1. The summed E-state index contributed by atoms with van der Waals surface area (Å²) in [5.74, 6) is 1.67. The Morgan fingerprint density at radius 2 is 1.80 bits per heavy atom. The van der Waals surface area contributed by atoms with Gasteiger partial charge in [-0.3, -0.25) is 4.99 Å². The number of rotatable bonds is 12. The van der Waals surface area contributed by atoms with Crippen molar-refractivity contribution in [2.75, 3.05) is 45.3 Å². The van der Waals surface area contributed by atoms with Crippen LogP contribution in [0.25, 0.3) is 0 Å². The molecule has 0 amide bonds. The lowest BCUT2D eigenvalue weighted by atomic mass is 10.1. The largest absolute Gasteiger partial charge is 0.491 e. The maximum atomic E-state index is 5.91. The number of guanidine groups is 1. The van der Waals surface area contributed by atoms with Gasteiger partial charge in [0.15, 0.2) is 5.96 Å². The highest BCUT2D eigenvalue weighted by atomic mass is 127. The highest BCUT2D eigenvalue weighted by molar-refractivity contribution is 14.0. The zero-order valence-corrected chi connectivity index (χ0v) is 20.6. The van der Waals surface area contributed by atoms with Gasteiger partial charge in [0.2, 0.25) is 0 Å². The predicted molar refractivity (Wildman–Crippen MR) is 136 cm³/mol. The molecule has 0 aliphatic carbocycles. The predicted octanol–water partition coefficient (Wildman–Crippen LogP) is 4.20. The Labute approximate surface area is 197 Å². The molecule has 0 unspecified atom stereocenters. The molecule has 30 heavy (non-hydrogen) atoms. The average Bonchev–Trinajstić information content (AvgIpc) is 2.75. The van der Waals surface area contributed by atoms with E-state index in [0.717, 1.165) is 42.5 Å². The number of hydrogen-bond donors (Lipinski definition) is 3. The Morgan fingerprint density at radius 1 is 1.00 bits per heavy atom. The van der Waals surface area contributed by atoms with Crippen LogP contribution in [-0.2, 0) is 11.3 Å². The Hall–Kier alpha value is -2.00. The van der Waals surface area contributed by atoms with Crippen LogP contribution in [0.4, 0.5) is 5.69 Å². The van der Waals surface area contributed by atoms with E-state index < -0.39 is 0 Å². The summed E-state index contributed by atoms with van der Waals surface area (Å²) in [6.45, 7) is 8.29. The molecule has 2 aromatic rings. The molecule has 0 aromatic heterocycles. The molecule has 3 N–H and O–H groups in total. The molecule has 0 saturated heterocycles. The van der Waals surface area contributed by atoms with Crippen LogP contribution >= 0.6 is 24.0 Å². The molecule has 2 rings (SSSR count). The van der Waals surface area contributed by atoms with Crippen molar-refractivity contribution >= 4 is 35.6 Å². The van der Waals surface area contributed by atoms with Crippen LogP contribution in [0.15, 0.2) is 53.5 Å². The first-order valence-electron chi connectivity index (χ1n) is 10.3. The Morgan fingerprint density at radius 3 is 2.53 bits per heavy atom. The number of aliphatic imine (C=N–C) groups is 1. The van der Waals surface area contributed by atoms with Crippen molar-refractivity contribution in [3.05, 3.63) is 59.7 Å². The highest BCUT2D eigenvalue weighted by Gasteiger charge is 2.06. The maximum Gasteiger partial charge on any atom is 0.191 e. The van der Waals surface area contributed by atoms with E-state index in [2.05, 4.69) is 58.2 Å². The summed E-state index contributed by atoms with van der Waals surface area (Å²) in [6.07, 6.45) is 0.992. The van der Waals surface area contributed by atoms with E-state index >= 15 is 0 Å². The van der Waals surface area contributed by atoms with Gasteiger partial charge in [-0.1, -0.05) is 30.3 Å². The van der Waals surface area contributed by atoms with E-state index in [1.807, 2.05) is 25.1 Å². The van der Waals surface area contributed by atoms with Gasteiger partial charge in [0.1, 0.15) is 12.4 Å². The van der Waals surface area contributed by atoms with Crippen molar-refractivity contribution in [3.63, 3.8) is 0 Å². The van der Waals surface area contributed by atoms with Crippen molar-refractivity contribution < 1.29 is 9.47 Å². The van der Waals surface area contributed by atoms with Crippen molar-refractivity contribution in [3.8, 4) is 5.75 Å². The quantitative estimate of drug-likeness (QED) is 0.168. The number of ether oxygens (including phenoxy) is 2. The van der Waals surface area contributed by atoms with Crippen molar-refractivity contribution in [1.82, 2.24) is 10.6 Å². The minimum atomic E-state index is 0. The lowest BCUT2D eigenvalue weighted by molar-refractivity contribution is 0.110. The molecule has 166 valence electrons. The molecule has 7 heteroatoms. The Bertz CT molecular complexity index is 741. The summed E-state index contributed by atoms with van der Waals surface area (Å²) < 4.78 is 11.3. The van der Waals surface area contributed by atoms with Crippen LogP contribution in [0.5, 0.6) is 5.75 Å². The van der Waals surface area contributed by atoms with Crippen molar-refractivity contribution in [2.45, 2.75) is 26.8 Å². The van der Waals surface area contributed by atoms with E-state index in [4.69, 9.17) is 9.47 Å². The third-order valence-electron chi connectivity index (χ3n) is 4.33. The molecule has 0 bridgehead atoms. The smallest absolute Gasteiger partial charge is 0.191 e. The summed E-state index contributed by atoms with van der Waals surface area (Å²) in [4.78, 5) is 4.31. The standard InChI is InChI=1S/C23H34N4O2.HI/c1-4-28-15-16-29-22-17-19(2)11-12-20(22)18-27-23(24-3)26-14-8-13-25-21-9-6-5-7-10-21;/h5-7,9-12,17,25H,4,8,13-16,18H2,1-3H3,(H2,24,26,27);1H. The fourth-order valence-corrected chi connectivity index (χ4v) is 2.78. The van der Waals surface area contributed by atoms with Gasteiger partial charge >= 0.3 is 0 Å². The van der Waals surface area contributed by atoms with Crippen LogP contribution in [-0.4, -0.2) is 45.9 Å². The first-order chi connectivity index (χ1) is 14.2. The van der Waals surface area contributed by atoms with Crippen molar-refractivity contribution in [2.24, 2.45) is 4.99 Å². The highest BCUT2D eigenvalue weighted by Crippen LogP contribution is 2.20. The van der Waals surface area contributed by atoms with E-state index in [1.165, 1.54) is 5.56 Å². The van der Waals surface area contributed by atoms with Gasteiger partial charge in [0, 0.05) is 44.5 Å². The normalized spacial score (nSPS) is 10.8. The summed E-state index contributed by atoms with van der Waals surface area (Å²) >= 11 is 0. The summed E-state index contributed by atoms with van der Waals surface area (Å²) in [5.41, 5.74) is 3.42. The molecular formula is C23H35IN4O2. The Kier molecular flexibility index (Phi) is 13.7. The second kappa shape index (κ2) is 15.8. The topological polar surface area (TPSA) is 66.9 Å². The molecule has 0 heterocycles. The zero-order valence-electron chi connectivity index (χ0n) is 18.2. The van der Waals surface area contributed by atoms with E-state index in [1.54, 1.807) is 7.05 Å². The van der Waals surface area contributed by atoms with Crippen LogP contribution in [0.2, 0.25) is 0 Å². The zero-order chi connectivity index (χ0) is 20.7. The number of hydrogen-bond acceptors (Lipinski definition) is 4. The van der Waals surface area contributed by atoms with E-state index in [0.29, 0.717) is 26.4 Å². The molecule has 0 atom stereocenters. The van der Waals surface area contributed by atoms with Gasteiger partial charge in [-0.05, 0) is 44.0 Å². The van der Waals surface area contributed by atoms with Crippen LogP contribution in [0, 0.1) is 6.92 Å². The number of benzene rings is 2. The lowest BCUT2D eigenvalue weighted by Gasteiger charge is -2.16. The molecular weight excluding hydrogens is 491 g/mol. The maximum absolute atomic E-state index is 5.91. The van der Waals surface area contributed by atoms with Crippen molar-refractivity contribution in [1.29, 1.82) is 0 Å². The van der Waals surface area contributed by atoms with Gasteiger partial charge in [0.05, 0.1) is 6.61 Å². The van der Waals surface area contributed by atoms with Gasteiger partial charge in [0.25, 0.3) is 0 Å². The molecule has 0 fully saturated rings. The average molecular weight is 526 g/mol. The second-order valence-electron chi connectivity index (χ2n) is 6.66. The molecule has 0 spiro atoms. The van der Waals surface area contributed by atoms with Gasteiger partial charge in [-0.25, -0.2) is 0 Å². The lowest BCUT2D eigenvalue weighted by Crippen LogP contribution is -2.37. The van der Waals surface area contributed by atoms with Crippen LogP contribution in [0.1, 0.15) is 24.5 Å². The third-order valence-corrected chi connectivity index (χ3v) is 4.33. The number of nitrogens with zero attached hydrogens (tertiary/aromatic N) is 1. The fourth-order valence-electron chi connectivity index (χ4n) is 2.78. The number of para-hydroxylation sites is 1. The number of anilines is 1. The first kappa shape index (κ1) is 26.0. The minimum absolute atomic E-state index is 0. The van der Waals surface area contributed by atoms with Gasteiger partial charge in [-0.15, -0.1) is 24.0 Å². The number of nitrogens with one attached hydrogen (secondary N) is 3. The molecule has 0 aliphatic rings. The van der Waals surface area contributed by atoms with E-state index in [-0.39, 0.29) is 24.0 Å². The van der Waals surface area contributed by atoms with Gasteiger partial charge < -0.3 is 25.4 Å². The summed E-state index contributed by atoms with van der Waals surface area (Å²) in [5, 5.41) is 10.1. The first-order valence-corrected chi connectivity index (χ1v) is 10.3. The van der Waals surface area contributed by atoms with Crippen LogP contribution in [0.3, 0.4) is 0 Å². The molecule has 2 aromatic carbocycles. The Balaban J connectivity index is 0.00000450. The molecule has 0 radical (unpaired) electrons. The SMILES string of the molecule is CCOCCOc1cc(C)ccc1CNC(=NC)NCCCNc1ccccc1.I. The molecule has 0 saturated carbocycles. The minimum Gasteiger partial charge on any atom is -0.491 e. The second-order valence-corrected chi connectivity index (χ2v) is 6.66. The third kappa shape index (κ3) is 10.2. The number of aryl methyl sites for hydroxylation is 1. The summed E-state index contributed by atoms with van der Waals surface area (Å²) in [7, 11) is 1.78. The summed E-state index contributed by atoms with van der Waals surface area (Å²) in [6, 6.07) is 16.5. The molecule has 6 nitrogen and oxygen atoms in total. The van der Waals surface area contributed by atoms with Crippen LogP contribution < -0.4 is 20.7 Å². The fraction of sp³-hybridized carbons (Fsp3) is 0.435.